The first-order chi connectivity index (χ1) is 8.65. The first kappa shape index (κ1) is 15.6. The summed E-state index contributed by atoms with van der Waals surface area (Å²) in [5, 5.41) is -0.452. The standard InChI is InChI=1S/C11H9F5O2S/c12-9(11(15,16)10(13)14)7-19(17,18)6-8-4-2-1-3-5-8/h1-5,7,10H,6H2/b9-7-. The Morgan fingerprint density at radius 1 is 1.21 bits per heavy atom. The first-order valence-electron chi connectivity index (χ1n) is 4.95. The van der Waals surface area contributed by atoms with Gasteiger partial charge in [0.2, 0.25) is 0 Å². The predicted molar refractivity (Wildman–Crippen MR) is 59.2 cm³/mol. The molecular formula is C11H9F5O2S. The molecule has 2 nitrogen and oxygen atoms in total. The lowest BCUT2D eigenvalue weighted by Crippen LogP contribution is -2.27. The minimum absolute atomic E-state index is 0.229. The zero-order valence-corrected chi connectivity index (χ0v) is 10.2. The Balaban J connectivity index is 2.97. The minimum Gasteiger partial charge on any atom is -0.224 e. The molecule has 1 rings (SSSR count). The Bertz CT molecular complexity index is 552. The number of alkyl halides is 4. The van der Waals surface area contributed by atoms with Gasteiger partial charge in [-0.05, 0) is 5.56 Å². The maximum absolute atomic E-state index is 12.9. The van der Waals surface area contributed by atoms with E-state index >= 15 is 0 Å². The molecule has 0 saturated carbocycles. The van der Waals surface area contributed by atoms with Crippen LogP contribution in [0.15, 0.2) is 41.6 Å². The van der Waals surface area contributed by atoms with E-state index in [1.165, 1.54) is 24.3 Å². The lowest BCUT2D eigenvalue weighted by Gasteiger charge is -2.12. The van der Waals surface area contributed by atoms with Crippen LogP contribution < -0.4 is 0 Å². The highest BCUT2D eigenvalue weighted by molar-refractivity contribution is 7.93. The maximum Gasteiger partial charge on any atom is 0.358 e. The van der Waals surface area contributed by atoms with Crippen LogP contribution in [0.5, 0.6) is 0 Å². The lowest BCUT2D eigenvalue weighted by molar-refractivity contribution is -0.112. The Morgan fingerprint density at radius 2 is 1.74 bits per heavy atom. The molecule has 0 N–H and O–H groups in total. The van der Waals surface area contributed by atoms with Crippen LogP contribution >= 0.6 is 0 Å². The van der Waals surface area contributed by atoms with Gasteiger partial charge in [0.05, 0.1) is 11.2 Å². The summed E-state index contributed by atoms with van der Waals surface area (Å²) in [5.74, 6) is -8.52. The van der Waals surface area contributed by atoms with Gasteiger partial charge in [-0.3, -0.25) is 0 Å². The van der Waals surface area contributed by atoms with Crippen molar-refractivity contribution in [2.75, 3.05) is 0 Å². The normalized spacial score (nSPS) is 13.9. The number of sulfone groups is 1. The zero-order valence-electron chi connectivity index (χ0n) is 9.36. The van der Waals surface area contributed by atoms with Crippen molar-refractivity contribution in [3.8, 4) is 0 Å². The average Bonchev–Trinajstić information content (AvgIpc) is 2.28. The summed E-state index contributed by atoms with van der Waals surface area (Å²) in [7, 11) is -4.40. The monoisotopic (exact) mass is 300 g/mol. The largest absolute Gasteiger partial charge is 0.358 e. The predicted octanol–water partition coefficient (Wildman–Crippen LogP) is 3.31. The Morgan fingerprint density at radius 3 is 2.21 bits per heavy atom. The van der Waals surface area contributed by atoms with Gasteiger partial charge in [-0.15, -0.1) is 0 Å². The van der Waals surface area contributed by atoms with Gasteiger partial charge in [0.25, 0.3) is 0 Å². The van der Waals surface area contributed by atoms with Crippen LogP contribution in [0.2, 0.25) is 0 Å². The highest BCUT2D eigenvalue weighted by Crippen LogP contribution is 2.32. The fourth-order valence-electron chi connectivity index (χ4n) is 1.19. The van der Waals surface area contributed by atoms with Crippen LogP contribution in [0, 0.1) is 0 Å². The molecule has 8 heteroatoms. The van der Waals surface area contributed by atoms with Crippen LogP contribution in [-0.4, -0.2) is 20.8 Å². The Hall–Kier alpha value is -1.44. The third-order valence-corrected chi connectivity index (χ3v) is 3.39. The second-order valence-electron chi connectivity index (χ2n) is 3.68. The quantitative estimate of drug-likeness (QED) is 0.782. The van der Waals surface area contributed by atoms with Crippen molar-refractivity contribution >= 4 is 9.84 Å². The molecule has 0 aliphatic rings. The third kappa shape index (κ3) is 4.30. The lowest BCUT2D eigenvalue weighted by atomic mass is 10.2. The fourth-order valence-corrected chi connectivity index (χ4v) is 2.40. The molecule has 0 aliphatic carbocycles. The van der Waals surface area contributed by atoms with Gasteiger partial charge in [-0.1, -0.05) is 30.3 Å². The molecular weight excluding hydrogens is 291 g/mol. The summed E-state index contributed by atoms with van der Waals surface area (Å²) in [6.45, 7) is 0. The maximum atomic E-state index is 12.9. The molecule has 0 unspecified atom stereocenters. The fraction of sp³-hybridized carbons (Fsp3) is 0.273. The smallest absolute Gasteiger partial charge is 0.224 e. The van der Waals surface area contributed by atoms with E-state index in [-0.39, 0.29) is 5.56 Å². The van der Waals surface area contributed by atoms with Crippen molar-refractivity contribution in [3.63, 3.8) is 0 Å². The van der Waals surface area contributed by atoms with Gasteiger partial charge in [0.1, 0.15) is 0 Å². The first-order valence-corrected chi connectivity index (χ1v) is 6.67. The number of allylic oxidation sites excluding steroid dienone is 1. The van der Waals surface area contributed by atoms with E-state index in [0.29, 0.717) is 0 Å². The van der Waals surface area contributed by atoms with E-state index in [0.717, 1.165) is 0 Å². The van der Waals surface area contributed by atoms with Crippen molar-refractivity contribution in [3.05, 3.63) is 47.1 Å². The second kappa shape index (κ2) is 5.68. The molecule has 0 atom stereocenters. The van der Waals surface area contributed by atoms with Gasteiger partial charge in [0.15, 0.2) is 15.7 Å². The van der Waals surface area contributed by atoms with Crippen molar-refractivity contribution < 1.29 is 30.4 Å². The van der Waals surface area contributed by atoms with Crippen molar-refractivity contribution in [2.45, 2.75) is 18.1 Å². The number of benzene rings is 1. The van der Waals surface area contributed by atoms with Crippen molar-refractivity contribution in [2.24, 2.45) is 0 Å². The average molecular weight is 300 g/mol. The molecule has 0 spiro atoms. The van der Waals surface area contributed by atoms with Gasteiger partial charge < -0.3 is 0 Å². The zero-order chi connectivity index (χ0) is 14.7. The Kier molecular flexibility index (Phi) is 4.67. The summed E-state index contributed by atoms with van der Waals surface area (Å²) < 4.78 is 84.4. The molecule has 19 heavy (non-hydrogen) atoms. The van der Waals surface area contributed by atoms with Gasteiger partial charge in [0, 0.05) is 0 Å². The SMILES string of the molecule is O=S(=O)(/C=C(\F)C(F)(F)C(F)F)Cc1ccccc1. The number of hydrogen-bond donors (Lipinski definition) is 0. The molecule has 0 bridgehead atoms. The van der Waals surface area contributed by atoms with Gasteiger partial charge >= 0.3 is 12.3 Å². The summed E-state index contributed by atoms with van der Waals surface area (Å²) >= 11 is 0. The van der Waals surface area contributed by atoms with Crippen LogP contribution in [0.1, 0.15) is 5.56 Å². The van der Waals surface area contributed by atoms with Gasteiger partial charge in [-0.25, -0.2) is 21.6 Å². The molecule has 0 aromatic heterocycles. The molecule has 0 heterocycles. The van der Waals surface area contributed by atoms with E-state index in [1.807, 2.05) is 0 Å². The van der Waals surface area contributed by atoms with E-state index in [9.17, 15) is 30.4 Å². The molecule has 1 aromatic rings. The van der Waals surface area contributed by atoms with Crippen molar-refractivity contribution in [1.29, 1.82) is 0 Å². The van der Waals surface area contributed by atoms with Crippen molar-refractivity contribution in [1.82, 2.24) is 0 Å². The van der Waals surface area contributed by atoms with Crippen LogP contribution in [0.4, 0.5) is 22.0 Å². The topological polar surface area (TPSA) is 34.1 Å². The summed E-state index contributed by atoms with van der Waals surface area (Å²) in [5.41, 5.74) is 0.229. The molecule has 0 saturated heterocycles. The van der Waals surface area contributed by atoms with Crippen LogP contribution in [0.3, 0.4) is 0 Å². The summed E-state index contributed by atoms with van der Waals surface area (Å²) in [6, 6.07) is 7.36. The molecule has 0 fully saturated rings. The second-order valence-corrected chi connectivity index (χ2v) is 5.53. The van der Waals surface area contributed by atoms with Crippen LogP contribution in [0.25, 0.3) is 0 Å². The number of halogens is 5. The highest BCUT2D eigenvalue weighted by Gasteiger charge is 2.46. The molecule has 106 valence electrons. The van der Waals surface area contributed by atoms with E-state index in [4.69, 9.17) is 0 Å². The number of hydrogen-bond acceptors (Lipinski definition) is 2. The summed E-state index contributed by atoms with van der Waals surface area (Å²) in [6.07, 6.45) is -4.31. The highest BCUT2D eigenvalue weighted by atomic mass is 32.2. The third-order valence-electron chi connectivity index (χ3n) is 2.09. The molecule has 0 amide bonds. The van der Waals surface area contributed by atoms with E-state index in [1.54, 1.807) is 6.07 Å². The van der Waals surface area contributed by atoms with E-state index < -0.39 is 39.2 Å². The number of rotatable bonds is 5. The molecule has 1 aromatic carbocycles. The summed E-state index contributed by atoms with van der Waals surface area (Å²) in [4.78, 5) is 0. The van der Waals surface area contributed by atoms with Crippen LogP contribution in [-0.2, 0) is 15.6 Å². The minimum atomic E-state index is -5.11. The van der Waals surface area contributed by atoms with E-state index in [2.05, 4.69) is 0 Å². The molecule has 0 radical (unpaired) electrons. The molecule has 0 aliphatic heterocycles. The Labute approximate surface area is 106 Å². The van der Waals surface area contributed by atoms with Gasteiger partial charge in [-0.2, -0.15) is 8.78 Å².